The molecule has 0 fully saturated rings. The number of nitrogens with one attached hydrogen (secondary N) is 2. The van der Waals surface area contributed by atoms with Crippen LogP contribution in [0.25, 0.3) is 11.1 Å². The molecule has 0 unspecified atom stereocenters. The van der Waals surface area contributed by atoms with Gasteiger partial charge in [-0.15, -0.1) is 0 Å². The number of carbonyl (C=O) groups excluding carboxylic acids is 2. The quantitative estimate of drug-likeness (QED) is 0.619. The first-order valence-corrected chi connectivity index (χ1v) is 8.83. The molecule has 29 heavy (non-hydrogen) atoms. The van der Waals surface area contributed by atoms with Crippen molar-refractivity contribution in [3.63, 3.8) is 0 Å². The van der Waals surface area contributed by atoms with Gasteiger partial charge in [0, 0.05) is 19.3 Å². The van der Waals surface area contributed by atoms with Crippen LogP contribution in [0.15, 0.2) is 39.8 Å². The van der Waals surface area contributed by atoms with Crippen molar-refractivity contribution >= 4 is 23.6 Å². The molecule has 0 aliphatic rings. The molecule has 3 aromatic rings. The van der Waals surface area contributed by atoms with Gasteiger partial charge in [-0.1, -0.05) is 12.1 Å². The highest BCUT2D eigenvalue weighted by Gasteiger charge is 2.21. The summed E-state index contributed by atoms with van der Waals surface area (Å²) in [6.45, 7) is 3.81. The van der Waals surface area contributed by atoms with E-state index in [1.54, 1.807) is 38.1 Å². The maximum Gasteiger partial charge on any atom is 0.290 e. The van der Waals surface area contributed by atoms with Gasteiger partial charge in [0.05, 0.1) is 17.4 Å². The van der Waals surface area contributed by atoms with Crippen LogP contribution in [0.3, 0.4) is 0 Å². The number of aldehydes is 1. The standard InChI is InChI=1S/C20H19FN4O4/c1-4-22-18-15(10-26)23-9-14(21)17(18)19(27)24-13-7-5-12(6-8-13)16-11(2)29-25(3)20(16)28/h5-10,22H,4H2,1-3H3,(H,24,27). The number of hydrogen-bond acceptors (Lipinski definition) is 6. The lowest BCUT2D eigenvalue weighted by atomic mass is 10.1. The monoisotopic (exact) mass is 398 g/mol. The number of aryl methyl sites for hydroxylation is 2. The Balaban J connectivity index is 1.91. The van der Waals surface area contributed by atoms with Crippen LogP contribution in [0, 0.1) is 12.7 Å². The Kier molecular flexibility index (Phi) is 5.58. The zero-order chi connectivity index (χ0) is 21.1. The summed E-state index contributed by atoms with van der Waals surface area (Å²) in [4.78, 5) is 39.7. The van der Waals surface area contributed by atoms with Crippen molar-refractivity contribution in [1.82, 2.24) is 9.72 Å². The van der Waals surface area contributed by atoms with E-state index in [1.807, 2.05) is 0 Å². The molecule has 0 aliphatic carbocycles. The predicted molar refractivity (Wildman–Crippen MR) is 106 cm³/mol. The Bertz CT molecular complexity index is 1130. The van der Waals surface area contributed by atoms with Crippen molar-refractivity contribution in [2.75, 3.05) is 17.2 Å². The lowest BCUT2D eigenvalue weighted by molar-refractivity contribution is 0.102. The van der Waals surface area contributed by atoms with Gasteiger partial charge in [0.15, 0.2) is 12.1 Å². The van der Waals surface area contributed by atoms with E-state index in [0.29, 0.717) is 35.4 Å². The van der Waals surface area contributed by atoms with E-state index < -0.39 is 11.7 Å². The first-order chi connectivity index (χ1) is 13.9. The highest BCUT2D eigenvalue weighted by molar-refractivity contribution is 6.10. The molecule has 8 nitrogen and oxygen atoms in total. The summed E-state index contributed by atoms with van der Waals surface area (Å²) >= 11 is 0. The minimum absolute atomic E-state index is 0.0362. The van der Waals surface area contributed by atoms with Gasteiger partial charge in [0.2, 0.25) is 0 Å². The minimum Gasteiger partial charge on any atom is -0.383 e. The average molecular weight is 398 g/mol. The van der Waals surface area contributed by atoms with E-state index >= 15 is 0 Å². The van der Waals surface area contributed by atoms with Crippen LogP contribution in [0.4, 0.5) is 15.8 Å². The second-order valence-corrected chi connectivity index (χ2v) is 6.25. The summed E-state index contributed by atoms with van der Waals surface area (Å²) in [5.74, 6) is -1.10. The van der Waals surface area contributed by atoms with Gasteiger partial charge in [-0.05, 0) is 31.5 Å². The normalized spacial score (nSPS) is 10.6. The van der Waals surface area contributed by atoms with E-state index in [-0.39, 0.29) is 22.5 Å². The van der Waals surface area contributed by atoms with E-state index in [1.165, 1.54) is 7.05 Å². The molecule has 1 amide bonds. The third-order valence-corrected chi connectivity index (χ3v) is 4.31. The van der Waals surface area contributed by atoms with Gasteiger partial charge in [-0.25, -0.2) is 9.37 Å². The second-order valence-electron chi connectivity index (χ2n) is 6.25. The van der Waals surface area contributed by atoms with Gasteiger partial charge in [0.1, 0.15) is 17.0 Å². The number of pyridine rings is 1. The van der Waals surface area contributed by atoms with E-state index in [2.05, 4.69) is 15.6 Å². The van der Waals surface area contributed by atoms with Gasteiger partial charge in [-0.2, -0.15) is 4.74 Å². The zero-order valence-corrected chi connectivity index (χ0v) is 16.1. The van der Waals surface area contributed by atoms with Crippen molar-refractivity contribution in [1.29, 1.82) is 0 Å². The fourth-order valence-corrected chi connectivity index (χ4v) is 3.01. The number of rotatable bonds is 6. The summed E-state index contributed by atoms with van der Waals surface area (Å²) in [6.07, 6.45) is 1.29. The van der Waals surface area contributed by atoms with E-state index in [0.717, 1.165) is 10.9 Å². The van der Waals surface area contributed by atoms with Crippen molar-refractivity contribution < 1.29 is 18.5 Å². The van der Waals surface area contributed by atoms with Crippen LogP contribution >= 0.6 is 0 Å². The summed E-state index contributed by atoms with van der Waals surface area (Å²) in [7, 11) is 1.52. The highest BCUT2D eigenvalue weighted by atomic mass is 19.1. The lowest BCUT2D eigenvalue weighted by Gasteiger charge is -2.13. The lowest BCUT2D eigenvalue weighted by Crippen LogP contribution is -2.19. The summed E-state index contributed by atoms with van der Waals surface area (Å²) in [6, 6.07) is 6.48. The summed E-state index contributed by atoms with van der Waals surface area (Å²) in [5, 5.41) is 5.40. The first kappa shape index (κ1) is 20.0. The fourth-order valence-electron chi connectivity index (χ4n) is 3.01. The molecule has 3 rings (SSSR count). The Morgan fingerprint density at radius 3 is 2.55 bits per heavy atom. The first-order valence-electron chi connectivity index (χ1n) is 8.83. The van der Waals surface area contributed by atoms with Crippen molar-refractivity contribution in [3.8, 4) is 11.1 Å². The van der Waals surface area contributed by atoms with Crippen LogP contribution in [0.5, 0.6) is 0 Å². The fraction of sp³-hybridized carbons (Fsp3) is 0.200. The molecule has 150 valence electrons. The number of nitrogens with zero attached hydrogens (tertiary/aromatic N) is 2. The summed E-state index contributed by atoms with van der Waals surface area (Å²) in [5.41, 5.74) is 0.858. The molecule has 0 bridgehead atoms. The molecule has 1 aromatic carbocycles. The smallest absolute Gasteiger partial charge is 0.290 e. The molecule has 0 radical (unpaired) electrons. The van der Waals surface area contributed by atoms with E-state index in [4.69, 9.17) is 4.52 Å². The van der Waals surface area contributed by atoms with E-state index in [9.17, 15) is 18.8 Å². The van der Waals surface area contributed by atoms with Crippen LogP contribution in [-0.4, -0.2) is 28.5 Å². The SMILES string of the molecule is CCNc1c(C=O)ncc(F)c1C(=O)Nc1ccc(-c2c(C)on(C)c2=O)cc1. The molecular weight excluding hydrogens is 379 g/mol. The number of carbonyl (C=O) groups is 2. The van der Waals surface area contributed by atoms with Crippen molar-refractivity contribution in [2.45, 2.75) is 13.8 Å². The van der Waals surface area contributed by atoms with Crippen LogP contribution in [-0.2, 0) is 7.05 Å². The molecule has 0 aliphatic heterocycles. The Hall–Kier alpha value is -3.75. The molecule has 0 atom stereocenters. The minimum atomic E-state index is -0.849. The van der Waals surface area contributed by atoms with Crippen LogP contribution < -0.4 is 16.2 Å². The molecule has 0 saturated carbocycles. The van der Waals surface area contributed by atoms with Gasteiger partial charge < -0.3 is 15.2 Å². The number of halogens is 1. The molecule has 0 spiro atoms. The Morgan fingerprint density at radius 1 is 1.31 bits per heavy atom. The molecular formula is C20H19FN4O4. The van der Waals surface area contributed by atoms with Crippen molar-refractivity contribution in [3.05, 3.63) is 63.7 Å². The van der Waals surface area contributed by atoms with Gasteiger partial charge in [-0.3, -0.25) is 14.4 Å². The number of benzene rings is 1. The largest absolute Gasteiger partial charge is 0.383 e. The molecule has 2 aromatic heterocycles. The summed E-state index contributed by atoms with van der Waals surface area (Å²) < 4.78 is 20.7. The number of hydrogen-bond donors (Lipinski definition) is 2. The zero-order valence-electron chi connectivity index (χ0n) is 16.1. The topological polar surface area (TPSA) is 106 Å². The third-order valence-electron chi connectivity index (χ3n) is 4.31. The number of aromatic nitrogens is 2. The van der Waals surface area contributed by atoms with Crippen LogP contribution in [0.2, 0.25) is 0 Å². The van der Waals surface area contributed by atoms with Gasteiger partial charge in [0.25, 0.3) is 11.5 Å². The maximum absolute atomic E-state index is 14.3. The highest BCUT2D eigenvalue weighted by Crippen LogP contribution is 2.25. The maximum atomic E-state index is 14.3. The predicted octanol–water partition coefficient (Wildman–Crippen LogP) is 2.98. The van der Waals surface area contributed by atoms with Crippen molar-refractivity contribution in [2.24, 2.45) is 7.05 Å². The molecule has 9 heteroatoms. The number of amides is 1. The molecule has 2 N–H and O–H groups in total. The third kappa shape index (κ3) is 3.79. The van der Waals surface area contributed by atoms with Crippen LogP contribution in [0.1, 0.15) is 33.5 Å². The molecule has 0 saturated heterocycles. The second kappa shape index (κ2) is 8.09. The average Bonchev–Trinajstić information content (AvgIpc) is 2.95. The Morgan fingerprint density at radius 2 is 2.00 bits per heavy atom. The molecule has 2 heterocycles. The Labute approximate surface area is 165 Å². The van der Waals surface area contributed by atoms with Gasteiger partial charge >= 0.3 is 0 Å². The number of anilines is 2.